The first-order chi connectivity index (χ1) is 9.02. The molecule has 4 nitrogen and oxygen atoms in total. The quantitative estimate of drug-likeness (QED) is 0.655. The number of ether oxygens (including phenoxy) is 1. The van der Waals surface area contributed by atoms with Crippen molar-refractivity contribution in [3.8, 4) is 0 Å². The maximum absolute atomic E-state index is 13.4. The van der Waals surface area contributed by atoms with E-state index in [4.69, 9.17) is 9.84 Å². The SMILES string of the molecule is CCOC(=O)C=Cc1ccc(F)c(/C=C/C(=O)O)c1. The number of carboxylic acid groups (broad SMARTS) is 1. The molecule has 0 bridgehead atoms. The molecule has 0 aromatic heterocycles. The zero-order valence-corrected chi connectivity index (χ0v) is 10.3. The monoisotopic (exact) mass is 264 g/mol. The highest BCUT2D eigenvalue weighted by Gasteiger charge is 2.01. The minimum Gasteiger partial charge on any atom is -0.478 e. The Balaban J connectivity index is 2.90. The molecular weight excluding hydrogens is 251 g/mol. The molecule has 1 N–H and O–H groups in total. The summed E-state index contributed by atoms with van der Waals surface area (Å²) in [5.74, 6) is -2.19. The van der Waals surface area contributed by atoms with E-state index in [0.29, 0.717) is 5.56 Å². The van der Waals surface area contributed by atoms with Crippen molar-refractivity contribution in [3.05, 3.63) is 47.3 Å². The van der Waals surface area contributed by atoms with Gasteiger partial charge in [-0.2, -0.15) is 0 Å². The summed E-state index contributed by atoms with van der Waals surface area (Å²) in [5.41, 5.74) is 0.702. The number of rotatable bonds is 5. The van der Waals surface area contributed by atoms with Crippen molar-refractivity contribution in [2.75, 3.05) is 6.61 Å². The zero-order valence-electron chi connectivity index (χ0n) is 10.3. The molecule has 0 amide bonds. The average Bonchev–Trinajstić information content (AvgIpc) is 2.36. The van der Waals surface area contributed by atoms with Gasteiger partial charge >= 0.3 is 11.9 Å². The number of hydrogen-bond acceptors (Lipinski definition) is 3. The summed E-state index contributed by atoms with van der Waals surface area (Å²) >= 11 is 0. The van der Waals surface area contributed by atoms with E-state index < -0.39 is 17.8 Å². The van der Waals surface area contributed by atoms with Crippen molar-refractivity contribution in [3.63, 3.8) is 0 Å². The highest BCUT2D eigenvalue weighted by molar-refractivity contribution is 5.87. The van der Waals surface area contributed by atoms with Gasteiger partial charge in [-0.1, -0.05) is 6.07 Å². The minimum absolute atomic E-state index is 0.133. The molecule has 0 aliphatic heterocycles. The van der Waals surface area contributed by atoms with E-state index in [0.717, 1.165) is 12.2 Å². The Hall–Kier alpha value is -2.43. The Bertz CT molecular complexity index is 532. The molecule has 0 fully saturated rings. The van der Waals surface area contributed by atoms with E-state index >= 15 is 0 Å². The van der Waals surface area contributed by atoms with Crippen LogP contribution < -0.4 is 0 Å². The average molecular weight is 264 g/mol. The maximum atomic E-state index is 13.4. The number of aliphatic carboxylic acids is 1. The second kappa shape index (κ2) is 7.10. The van der Waals surface area contributed by atoms with Crippen LogP contribution in [-0.2, 0) is 14.3 Å². The fourth-order valence-electron chi connectivity index (χ4n) is 1.31. The fourth-order valence-corrected chi connectivity index (χ4v) is 1.31. The molecule has 0 aliphatic rings. The van der Waals surface area contributed by atoms with Crippen LogP contribution in [0, 0.1) is 5.82 Å². The van der Waals surface area contributed by atoms with Gasteiger partial charge in [0, 0.05) is 17.7 Å². The summed E-state index contributed by atoms with van der Waals surface area (Å²) in [6, 6.07) is 4.11. The highest BCUT2D eigenvalue weighted by atomic mass is 19.1. The fraction of sp³-hybridized carbons (Fsp3) is 0.143. The smallest absolute Gasteiger partial charge is 0.330 e. The van der Waals surface area contributed by atoms with Crippen LogP contribution >= 0.6 is 0 Å². The molecule has 0 aliphatic carbocycles. The lowest BCUT2D eigenvalue weighted by atomic mass is 10.1. The standard InChI is InChI=1S/C14H13FO4/c1-2-19-14(18)8-4-10-3-6-12(15)11(9-10)5-7-13(16)17/h3-9H,2H2,1H3,(H,16,17)/b7-5+,8-4?. The van der Waals surface area contributed by atoms with Gasteiger partial charge in [0.2, 0.25) is 0 Å². The summed E-state index contributed by atoms with van der Waals surface area (Å²) in [6.07, 6.45) is 4.69. The molecule has 0 spiro atoms. The summed E-state index contributed by atoms with van der Waals surface area (Å²) in [4.78, 5) is 21.5. The molecule has 1 aromatic carbocycles. The number of hydrogen-bond donors (Lipinski definition) is 1. The first-order valence-electron chi connectivity index (χ1n) is 5.58. The Labute approximate surface area is 109 Å². The second-order valence-corrected chi connectivity index (χ2v) is 3.54. The second-order valence-electron chi connectivity index (χ2n) is 3.54. The summed E-state index contributed by atoms with van der Waals surface area (Å²) in [6.45, 7) is 1.97. The van der Waals surface area contributed by atoms with Gasteiger partial charge in [0.05, 0.1) is 6.61 Å². The normalized spacial score (nSPS) is 11.1. The lowest BCUT2D eigenvalue weighted by Gasteiger charge is -1.99. The van der Waals surface area contributed by atoms with Crippen LogP contribution in [0.2, 0.25) is 0 Å². The molecule has 100 valence electrons. The number of benzene rings is 1. The number of carboxylic acids is 1. The predicted molar refractivity (Wildman–Crippen MR) is 68.7 cm³/mol. The van der Waals surface area contributed by atoms with Crippen LogP contribution in [0.15, 0.2) is 30.4 Å². The van der Waals surface area contributed by atoms with Gasteiger partial charge in [-0.15, -0.1) is 0 Å². The van der Waals surface area contributed by atoms with Crippen LogP contribution in [0.25, 0.3) is 12.2 Å². The van der Waals surface area contributed by atoms with Gasteiger partial charge in [0.15, 0.2) is 0 Å². The molecule has 19 heavy (non-hydrogen) atoms. The Morgan fingerprint density at radius 1 is 1.32 bits per heavy atom. The van der Waals surface area contributed by atoms with E-state index in [2.05, 4.69) is 0 Å². The molecule has 0 atom stereocenters. The van der Waals surface area contributed by atoms with Gasteiger partial charge in [0.25, 0.3) is 0 Å². The van der Waals surface area contributed by atoms with Crippen LogP contribution in [0.5, 0.6) is 0 Å². The molecule has 0 heterocycles. The van der Waals surface area contributed by atoms with Crippen molar-refractivity contribution in [2.45, 2.75) is 6.92 Å². The molecule has 1 aromatic rings. The lowest BCUT2D eigenvalue weighted by Crippen LogP contribution is -1.98. The van der Waals surface area contributed by atoms with Gasteiger partial charge in [-0.05, 0) is 36.8 Å². The van der Waals surface area contributed by atoms with E-state index in [-0.39, 0.29) is 12.2 Å². The van der Waals surface area contributed by atoms with E-state index in [1.807, 2.05) is 0 Å². The largest absolute Gasteiger partial charge is 0.478 e. The van der Waals surface area contributed by atoms with E-state index in [9.17, 15) is 14.0 Å². The van der Waals surface area contributed by atoms with Crippen LogP contribution in [0.4, 0.5) is 4.39 Å². The molecule has 1 rings (SSSR count). The number of carbonyl (C=O) groups excluding carboxylic acids is 1. The third-order valence-electron chi connectivity index (χ3n) is 2.12. The predicted octanol–water partition coefficient (Wildman–Crippen LogP) is 2.50. The van der Waals surface area contributed by atoms with Crippen LogP contribution in [-0.4, -0.2) is 23.7 Å². The number of esters is 1. The lowest BCUT2D eigenvalue weighted by molar-refractivity contribution is -0.137. The molecule has 5 heteroatoms. The summed E-state index contributed by atoms with van der Waals surface area (Å²) in [5, 5.41) is 8.49. The van der Waals surface area contributed by atoms with Crippen molar-refractivity contribution < 1.29 is 23.8 Å². The van der Waals surface area contributed by atoms with Crippen molar-refractivity contribution in [1.29, 1.82) is 0 Å². The van der Waals surface area contributed by atoms with Gasteiger partial charge in [-0.25, -0.2) is 14.0 Å². The third kappa shape index (κ3) is 5.16. The topological polar surface area (TPSA) is 63.6 Å². The van der Waals surface area contributed by atoms with Crippen LogP contribution in [0.1, 0.15) is 18.1 Å². The molecule has 0 saturated heterocycles. The Morgan fingerprint density at radius 3 is 2.68 bits per heavy atom. The molecular formula is C14H13FO4. The summed E-state index contributed by atoms with van der Waals surface area (Å²) < 4.78 is 18.1. The van der Waals surface area contributed by atoms with E-state index in [1.54, 1.807) is 6.92 Å². The first kappa shape index (κ1) is 14.6. The maximum Gasteiger partial charge on any atom is 0.330 e. The number of halogens is 1. The van der Waals surface area contributed by atoms with E-state index in [1.165, 1.54) is 30.4 Å². The first-order valence-corrected chi connectivity index (χ1v) is 5.58. The molecule has 0 saturated carbocycles. The Morgan fingerprint density at radius 2 is 2.05 bits per heavy atom. The number of carbonyl (C=O) groups is 2. The highest BCUT2D eigenvalue weighted by Crippen LogP contribution is 2.13. The van der Waals surface area contributed by atoms with Crippen molar-refractivity contribution in [2.24, 2.45) is 0 Å². The van der Waals surface area contributed by atoms with Gasteiger partial charge < -0.3 is 9.84 Å². The van der Waals surface area contributed by atoms with Crippen molar-refractivity contribution >= 4 is 24.1 Å². The van der Waals surface area contributed by atoms with Gasteiger partial charge in [0.1, 0.15) is 5.82 Å². The Kier molecular flexibility index (Phi) is 5.47. The summed E-state index contributed by atoms with van der Waals surface area (Å²) in [7, 11) is 0. The molecule has 0 radical (unpaired) electrons. The van der Waals surface area contributed by atoms with Gasteiger partial charge in [-0.3, -0.25) is 0 Å². The molecule has 0 unspecified atom stereocenters. The van der Waals surface area contributed by atoms with Crippen LogP contribution in [0.3, 0.4) is 0 Å². The third-order valence-corrected chi connectivity index (χ3v) is 2.12. The minimum atomic E-state index is -1.16. The zero-order chi connectivity index (χ0) is 14.3. The van der Waals surface area contributed by atoms with Crippen molar-refractivity contribution in [1.82, 2.24) is 0 Å².